The van der Waals surface area contributed by atoms with E-state index in [1.807, 2.05) is 19.1 Å². The smallest absolute Gasteiger partial charge is 0.457 e. The van der Waals surface area contributed by atoms with Gasteiger partial charge in [0.15, 0.2) is 0 Å². The van der Waals surface area contributed by atoms with Gasteiger partial charge in [-0.3, -0.25) is 0 Å². The van der Waals surface area contributed by atoms with Gasteiger partial charge in [0, 0.05) is 0 Å². The van der Waals surface area contributed by atoms with Crippen LogP contribution in [0.2, 0.25) is 0 Å². The summed E-state index contributed by atoms with van der Waals surface area (Å²) in [4.78, 5) is 0. The molecule has 5 heteroatoms. The van der Waals surface area contributed by atoms with Crippen molar-refractivity contribution in [2.24, 2.45) is 0 Å². The largest absolute Gasteiger partial charge is 0.573 e. The highest BCUT2D eigenvalue weighted by Crippen LogP contribution is 2.33. The fourth-order valence-corrected chi connectivity index (χ4v) is 2.89. The van der Waals surface area contributed by atoms with E-state index in [0.717, 1.165) is 29.5 Å². The van der Waals surface area contributed by atoms with Gasteiger partial charge in [-0.2, -0.15) is 0 Å². The molecule has 0 bridgehead atoms. The van der Waals surface area contributed by atoms with Crippen molar-refractivity contribution in [3.63, 3.8) is 0 Å². The molecule has 0 fully saturated rings. The zero-order valence-electron chi connectivity index (χ0n) is 15.7. The maximum atomic E-state index is 12.3. The SMILES string of the molecule is CCCc1ccc(-c2ccc(C)cc2)cc1Oc1ccc(OC(F)(F)F)cc1. The number of benzene rings is 3. The summed E-state index contributed by atoms with van der Waals surface area (Å²) in [6.45, 7) is 4.12. The van der Waals surface area contributed by atoms with Gasteiger partial charge in [0.05, 0.1) is 0 Å². The lowest BCUT2D eigenvalue weighted by atomic mass is 10.0. The van der Waals surface area contributed by atoms with Crippen LogP contribution in [-0.2, 0) is 6.42 Å². The zero-order valence-corrected chi connectivity index (χ0v) is 15.7. The first-order valence-electron chi connectivity index (χ1n) is 9.07. The molecule has 0 aliphatic heterocycles. The van der Waals surface area contributed by atoms with Crippen LogP contribution < -0.4 is 9.47 Å². The summed E-state index contributed by atoms with van der Waals surface area (Å²) in [7, 11) is 0. The third-order valence-electron chi connectivity index (χ3n) is 4.26. The van der Waals surface area contributed by atoms with E-state index in [-0.39, 0.29) is 5.75 Å². The summed E-state index contributed by atoms with van der Waals surface area (Å²) >= 11 is 0. The van der Waals surface area contributed by atoms with E-state index in [9.17, 15) is 13.2 Å². The highest BCUT2D eigenvalue weighted by atomic mass is 19.4. The van der Waals surface area contributed by atoms with E-state index >= 15 is 0 Å². The number of hydrogen-bond donors (Lipinski definition) is 0. The predicted octanol–water partition coefficient (Wildman–Crippen LogP) is 7.31. The monoisotopic (exact) mass is 386 g/mol. The van der Waals surface area contributed by atoms with Crippen LogP contribution >= 0.6 is 0 Å². The van der Waals surface area contributed by atoms with E-state index < -0.39 is 6.36 Å². The van der Waals surface area contributed by atoms with Gasteiger partial charge in [-0.25, -0.2) is 0 Å². The highest BCUT2D eigenvalue weighted by molar-refractivity contribution is 5.66. The van der Waals surface area contributed by atoms with Gasteiger partial charge in [-0.15, -0.1) is 13.2 Å². The van der Waals surface area contributed by atoms with Crippen molar-refractivity contribution in [2.45, 2.75) is 33.1 Å². The maximum Gasteiger partial charge on any atom is 0.573 e. The van der Waals surface area contributed by atoms with Crippen LogP contribution in [0, 0.1) is 6.92 Å². The van der Waals surface area contributed by atoms with Crippen molar-refractivity contribution in [3.8, 4) is 28.4 Å². The molecule has 0 atom stereocenters. The van der Waals surface area contributed by atoms with Crippen molar-refractivity contribution in [1.29, 1.82) is 0 Å². The molecule has 0 saturated carbocycles. The van der Waals surface area contributed by atoms with E-state index in [1.165, 1.54) is 29.8 Å². The second-order valence-corrected chi connectivity index (χ2v) is 6.56. The molecule has 0 spiro atoms. The molecule has 3 rings (SSSR count). The van der Waals surface area contributed by atoms with Gasteiger partial charge in [0.25, 0.3) is 0 Å². The minimum atomic E-state index is -4.71. The van der Waals surface area contributed by atoms with Crippen molar-refractivity contribution >= 4 is 0 Å². The Morgan fingerprint density at radius 2 is 1.39 bits per heavy atom. The molecule has 0 aliphatic carbocycles. The molecule has 0 radical (unpaired) electrons. The second-order valence-electron chi connectivity index (χ2n) is 6.56. The van der Waals surface area contributed by atoms with Crippen molar-refractivity contribution in [1.82, 2.24) is 0 Å². The van der Waals surface area contributed by atoms with Crippen LogP contribution in [0.5, 0.6) is 17.2 Å². The Bertz CT molecular complexity index is 914. The van der Waals surface area contributed by atoms with Crippen LogP contribution in [0.3, 0.4) is 0 Å². The third-order valence-corrected chi connectivity index (χ3v) is 4.26. The fraction of sp³-hybridized carbons (Fsp3) is 0.217. The molecule has 28 heavy (non-hydrogen) atoms. The topological polar surface area (TPSA) is 18.5 Å². The van der Waals surface area contributed by atoms with Crippen molar-refractivity contribution in [3.05, 3.63) is 77.9 Å². The predicted molar refractivity (Wildman–Crippen MR) is 104 cm³/mol. The summed E-state index contributed by atoms with van der Waals surface area (Å²) < 4.78 is 46.8. The minimum absolute atomic E-state index is 0.276. The highest BCUT2D eigenvalue weighted by Gasteiger charge is 2.31. The van der Waals surface area contributed by atoms with Gasteiger partial charge in [-0.05, 0) is 60.4 Å². The number of hydrogen-bond acceptors (Lipinski definition) is 2. The van der Waals surface area contributed by atoms with Crippen molar-refractivity contribution < 1.29 is 22.6 Å². The zero-order chi connectivity index (χ0) is 20.1. The van der Waals surface area contributed by atoms with Crippen LogP contribution in [0.15, 0.2) is 66.7 Å². The third kappa shape index (κ3) is 5.28. The Morgan fingerprint density at radius 1 is 0.786 bits per heavy atom. The summed E-state index contributed by atoms with van der Waals surface area (Å²) in [6.07, 6.45) is -2.91. The molecule has 2 nitrogen and oxygen atoms in total. The van der Waals surface area contributed by atoms with E-state index in [2.05, 4.69) is 42.0 Å². The first-order valence-corrected chi connectivity index (χ1v) is 9.07. The van der Waals surface area contributed by atoms with Gasteiger partial charge in [-0.1, -0.05) is 55.3 Å². The Balaban J connectivity index is 1.86. The molecule has 0 saturated heterocycles. The molecule has 3 aromatic rings. The average molecular weight is 386 g/mol. The number of ether oxygens (including phenoxy) is 2. The van der Waals surface area contributed by atoms with Crippen LogP contribution in [0.4, 0.5) is 13.2 Å². The lowest BCUT2D eigenvalue weighted by Gasteiger charge is -2.14. The van der Waals surface area contributed by atoms with Crippen LogP contribution in [0.25, 0.3) is 11.1 Å². The quantitative estimate of drug-likeness (QED) is 0.442. The number of halogens is 3. The minimum Gasteiger partial charge on any atom is -0.457 e. The van der Waals surface area contributed by atoms with Gasteiger partial charge >= 0.3 is 6.36 Å². The Labute approximate surface area is 162 Å². The van der Waals surface area contributed by atoms with Crippen molar-refractivity contribution in [2.75, 3.05) is 0 Å². The van der Waals surface area contributed by atoms with Gasteiger partial charge in [0.1, 0.15) is 17.2 Å². The van der Waals surface area contributed by atoms with Gasteiger partial charge < -0.3 is 9.47 Å². The van der Waals surface area contributed by atoms with Crippen LogP contribution in [-0.4, -0.2) is 6.36 Å². The first-order chi connectivity index (χ1) is 13.3. The number of aryl methyl sites for hydroxylation is 2. The molecule has 0 aliphatic rings. The Hall–Kier alpha value is -2.95. The Kier molecular flexibility index (Phi) is 5.93. The molecule has 0 unspecified atom stereocenters. The molecule has 146 valence electrons. The molecular formula is C23H21F3O2. The molecule has 3 aromatic carbocycles. The first kappa shape index (κ1) is 19.8. The second kappa shape index (κ2) is 8.38. The summed E-state index contributed by atoms with van der Waals surface area (Å²) in [5.74, 6) is 0.874. The molecule has 0 aromatic heterocycles. The average Bonchev–Trinajstić information content (AvgIpc) is 2.64. The van der Waals surface area contributed by atoms with Gasteiger partial charge in [0.2, 0.25) is 0 Å². The van der Waals surface area contributed by atoms with E-state index in [1.54, 1.807) is 0 Å². The maximum absolute atomic E-state index is 12.3. The molecule has 0 N–H and O–H groups in total. The molecule has 0 heterocycles. The van der Waals surface area contributed by atoms with E-state index in [4.69, 9.17) is 4.74 Å². The summed E-state index contributed by atoms with van der Waals surface area (Å²) in [5, 5.41) is 0. The standard InChI is InChI=1S/C23H21F3O2/c1-3-4-18-9-10-19(17-7-5-16(2)6-8-17)15-22(18)27-20-11-13-21(14-12-20)28-23(24,25)26/h5-15H,3-4H2,1-2H3. The Morgan fingerprint density at radius 3 is 2.00 bits per heavy atom. The summed E-state index contributed by atoms with van der Waals surface area (Å²) in [6, 6.07) is 19.7. The number of rotatable bonds is 6. The van der Waals surface area contributed by atoms with Crippen LogP contribution in [0.1, 0.15) is 24.5 Å². The lowest BCUT2D eigenvalue weighted by Crippen LogP contribution is -2.16. The molecular weight excluding hydrogens is 365 g/mol. The lowest BCUT2D eigenvalue weighted by molar-refractivity contribution is -0.274. The summed E-state index contributed by atoms with van der Waals surface area (Å²) in [5.41, 5.74) is 4.33. The normalized spacial score (nSPS) is 11.3. The fourth-order valence-electron chi connectivity index (χ4n) is 2.89. The van der Waals surface area contributed by atoms with E-state index in [0.29, 0.717) is 11.5 Å². The number of alkyl halides is 3. The molecule has 0 amide bonds.